The van der Waals surface area contributed by atoms with E-state index in [1.807, 2.05) is 30.3 Å². The fraction of sp³-hybridized carbons (Fsp3) is 0.211. The molecule has 1 aliphatic rings. The van der Waals surface area contributed by atoms with Crippen molar-refractivity contribution < 1.29 is 14.7 Å². The highest BCUT2D eigenvalue weighted by Crippen LogP contribution is 2.31. The zero-order valence-electron chi connectivity index (χ0n) is 14.3. The molecule has 0 radical (unpaired) electrons. The van der Waals surface area contributed by atoms with Crippen molar-refractivity contribution in [1.82, 2.24) is 0 Å². The summed E-state index contributed by atoms with van der Waals surface area (Å²) < 4.78 is 0. The third-order valence-electron chi connectivity index (χ3n) is 3.82. The van der Waals surface area contributed by atoms with E-state index in [2.05, 4.69) is 10.3 Å². The smallest absolute Gasteiger partial charge is 0.247 e. The number of aliphatic imine (C=N–C) groups is 1. The molecule has 1 heterocycles. The summed E-state index contributed by atoms with van der Waals surface area (Å²) in [5.41, 5.74) is 1.32. The van der Waals surface area contributed by atoms with Crippen LogP contribution in [-0.4, -0.2) is 40.5 Å². The fourth-order valence-corrected chi connectivity index (χ4v) is 3.77. The number of nitrogens with zero attached hydrogens (tertiary/aromatic N) is 2. The lowest BCUT2D eigenvalue weighted by atomic mass is 10.3. The van der Waals surface area contributed by atoms with Gasteiger partial charge in [-0.1, -0.05) is 41.6 Å². The molecule has 2 aromatic carbocycles. The van der Waals surface area contributed by atoms with E-state index in [-0.39, 0.29) is 31.4 Å². The van der Waals surface area contributed by atoms with Gasteiger partial charge in [0.15, 0.2) is 5.17 Å². The molecule has 0 bridgehead atoms. The quantitative estimate of drug-likeness (QED) is 0.455. The molecule has 27 heavy (non-hydrogen) atoms. The van der Waals surface area contributed by atoms with Crippen molar-refractivity contribution in [3.63, 3.8) is 0 Å². The molecule has 2 aromatic rings. The Labute approximate surface area is 166 Å². The molecule has 0 aliphatic carbocycles. The predicted molar refractivity (Wildman–Crippen MR) is 109 cm³/mol. The maximum Gasteiger partial charge on any atom is 0.247 e. The first-order valence-corrected chi connectivity index (χ1v) is 9.60. The van der Waals surface area contributed by atoms with Crippen LogP contribution in [-0.2, 0) is 9.59 Å². The van der Waals surface area contributed by atoms with E-state index < -0.39 is 5.25 Å². The van der Waals surface area contributed by atoms with E-state index in [4.69, 9.17) is 16.7 Å². The highest BCUT2D eigenvalue weighted by molar-refractivity contribution is 8.15. The molecule has 2 N–H and O–H groups in total. The average Bonchev–Trinajstić information content (AvgIpc) is 2.95. The van der Waals surface area contributed by atoms with Crippen molar-refractivity contribution in [2.45, 2.75) is 11.7 Å². The number of hydrogen-bond donors (Lipinski definition) is 2. The first-order chi connectivity index (χ1) is 13.1. The van der Waals surface area contributed by atoms with Crippen LogP contribution in [0, 0.1) is 0 Å². The minimum absolute atomic E-state index is 0.0841. The van der Waals surface area contributed by atoms with Crippen molar-refractivity contribution in [1.29, 1.82) is 0 Å². The van der Waals surface area contributed by atoms with Crippen LogP contribution in [0.25, 0.3) is 0 Å². The number of thioether (sulfide) groups is 1. The second-order valence-corrected chi connectivity index (χ2v) is 7.38. The number of amidine groups is 1. The number of aliphatic hydroxyl groups is 1. The van der Waals surface area contributed by atoms with Crippen molar-refractivity contribution in [2.24, 2.45) is 4.99 Å². The summed E-state index contributed by atoms with van der Waals surface area (Å²) in [6, 6.07) is 16.0. The maximum atomic E-state index is 12.8. The molecular formula is C19H18ClN3O3S. The molecule has 0 unspecified atom stereocenters. The SMILES string of the molecule is O=C1C[C@H](SC(=NCCO)Nc2ccccc2)C(=O)N1c1ccc(Cl)cc1. The van der Waals surface area contributed by atoms with Crippen LogP contribution in [0.2, 0.25) is 5.02 Å². The normalized spacial score (nSPS) is 17.5. The Kier molecular flexibility index (Phi) is 6.49. The van der Waals surface area contributed by atoms with Crippen LogP contribution in [0.5, 0.6) is 0 Å². The second kappa shape index (κ2) is 9.03. The number of halogens is 1. The van der Waals surface area contributed by atoms with E-state index in [0.29, 0.717) is 15.9 Å². The lowest BCUT2D eigenvalue weighted by Crippen LogP contribution is -2.31. The molecule has 0 spiro atoms. The minimum Gasteiger partial charge on any atom is -0.394 e. The Morgan fingerprint density at radius 2 is 1.89 bits per heavy atom. The van der Waals surface area contributed by atoms with Gasteiger partial charge < -0.3 is 10.4 Å². The number of amides is 2. The maximum absolute atomic E-state index is 12.8. The number of nitrogens with one attached hydrogen (secondary N) is 1. The van der Waals surface area contributed by atoms with Gasteiger partial charge in [0.05, 0.1) is 18.8 Å². The zero-order valence-corrected chi connectivity index (χ0v) is 15.9. The van der Waals surface area contributed by atoms with Crippen molar-refractivity contribution in [3.8, 4) is 0 Å². The summed E-state index contributed by atoms with van der Waals surface area (Å²) in [7, 11) is 0. The van der Waals surface area contributed by atoms with E-state index in [9.17, 15) is 9.59 Å². The summed E-state index contributed by atoms with van der Waals surface area (Å²) in [6.07, 6.45) is 0.0841. The number of para-hydroxylation sites is 1. The highest BCUT2D eigenvalue weighted by Gasteiger charge is 2.40. The van der Waals surface area contributed by atoms with Gasteiger partial charge in [-0.05, 0) is 36.4 Å². The van der Waals surface area contributed by atoms with Crippen molar-refractivity contribution >= 4 is 51.7 Å². The summed E-state index contributed by atoms with van der Waals surface area (Å²) in [4.78, 5) is 30.6. The Morgan fingerprint density at radius 3 is 2.56 bits per heavy atom. The number of anilines is 2. The Bertz CT molecular complexity index is 843. The van der Waals surface area contributed by atoms with Crippen LogP contribution in [0.3, 0.4) is 0 Å². The van der Waals surface area contributed by atoms with Gasteiger partial charge in [0.25, 0.3) is 0 Å². The standard InChI is InChI=1S/C19H18ClN3O3S/c20-13-6-8-15(9-7-13)23-17(25)12-16(18(23)26)27-19(21-10-11-24)22-14-4-2-1-3-5-14/h1-9,16,24H,10-12H2,(H,21,22)/t16-/m0/s1. The van der Waals surface area contributed by atoms with Gasteiger partial charge in [-0.3, -0.25) is 14.6 Å². The van der Waals surface area contributed by atoms with E-state index >= 15 is 0 Å². The van der Waals surface area contributed by atoms with E-state index in [1.165, 1.54) is 16.7 Å². The molecule has 0 saturated carbocycles. The number of benzene rings is 2. The Morgan fingerprint density at radius 1 is 1.19 bits per heavy atom. The van der Waals surface area contributed by atoms with Gasteiger partial charge in [-0.15, -0.1) is 0 Å². The monoisotopic (exact) mass is 403 g/mol. The number of rotatable bonds is 5. The molecule has 8 heteroatoms. The zero-order chi connectivity index (χ0) is 19.2. The molecule has 0 aromatic heterocycles. The van der Waals surface area contributed by atoms with Crippen molar-refractivity contribution in [2.75, 3.05) is 23.4 Å². The first kappa shape index (κ1) is 19.4. The highest BCUT2D eigenvalue weighted by atomic mass is 35.5. The molecule has 1 fully saturated rings. The van der Waals surface area contributed by atoms with Gasteiger partial charge in [0.2, 0.25) is 11.8 Å². The van der Waals surface area contributed by atoms with Crippen molar-refractivity contribution in [3.05, 3.63) is 59.6 Å². The molecule has 6 nitrogen and oxygen atoms in total. The van der Waals surface area contributed by atoms with Gasteiger partial charge in [0, 0.05) is 17.1 Å². The molecule has 1 atom stereocenters. The molecule has 1 aliphatic heterocycles. The minimum atomic E-state index is -0.582. The topological polar surface area (TPSA) is 82.0 Å². The van der Waals surface area contributed by atoms with Gasteiger partial charge in [-0.25, -0.2) is 4.90 Å². The number of hydrogen-bond acceptors (Lipinski definition) is 5. The summed E-state index contributed by atoms with van der Waals surface area (Å²) in [5.74, 6) is -0.556. The van der Waals surface area contributed by atoms with Gasteiger partial charge >= 0.3 is 0 Å². The molecule has 2 amide bonds. The lowest BCUT2D eigenvalue weighted by Gasteiger charge is -2.16. The number of carbonyl (C=O) groups is 2. The van der Waals surface area contributed by atoms with Gasteiger partial charge in [-0.2, -0.15) is 0 Å². The van der Waals surface area contributed by atoms with Crippen LogP contribution >= 0.6 is 23.4 Å². The van der Waals surface area contributed by atoms with Crippen LogP contribution < -0.4 is 10.2 Å². The van der Waals surface area contributed by atoms with E-state index in [1.54, 1.807) is 24.3 Å². The Hall–Kier alpha value is -2.35. The number of aliphatic hydroxyl groups excluding tert-OH is 1. The second-order valence-electron chi connectivity index (χ2n) is 5.76. The molecular weight excluding hydrogens is 386 g/mol. The molecule has 1 saturated heterocycles. The van der Waals surface area contributed by atoms with E-state index in [0.717, 1.165) is 5.69 Å². The summed E-state index contributed by atoms with van der Waals surface area (Å²) in [5, 5.41) is 12.6. The fourth-order valence-electron chi connectivity index (χ4n) is 2.60. The third-order valence-corrected chi connectivity index (χ3v) is 5.18. The number of imide groups is 1. The van der Waals surface area contributed by atoms with Crippen LogP contribution in [0.15, 0.2) is 59.6 Å². The van der Waals surface area contributed by atoms with Crippen LogP contribution in [0.4, 0.5) is 11.4 Å². The molecule has 140 valence electrons. The Balaban J connectivity index is 1.75. The largest absolute Gasteiger partial charge is 0.394 e. The number of carbonyl (C=O) groups excluding carboxylic acids is 2. The summed E-state index contributed by atoms with van der Waals surface area (Å²) >= 11 is 7.07. The average molecular weight is 404 g/mol. The summed E-state index contributed by atoms with van der Waals surface area (Å²) in [6.45, 7) is 0.104. The van der Waals surface area contributed by atoms with Crippen LogP contribution in [0.1, 0.15) is 6.42 Å². The predicted octanol–water partition coefficient (Wildman–Crippen LogP) is 3.17. The third kappa shape index (κ3) is 4.88. The molecule has 3 rings (SSSR count). The van der Waals surface area contributed by atoms with Gasteiger partial charge in [0.1, 0.15) is 5.25 Å². The first-order valence-electron chi connectivity index (χ1n) is 8.35. The lowest BCUT2D eigenvalue weighted by molar-refractivity contribution is -0.121.